The van der Waals surface area contributed by atoms with E-state index < -0.39 is 0 Å². The molecular weight excluding hydrogens is 127 g/mol. The largest absolute Gasteiger partial charge is 0.299 e. The summed E-state index contributed by atoms with van der Waals surface area (Å²) in [7, 11) is 2.00. The van der Waals surface area contributed by atoms with E-state index in [4.69, 9.17) is 0 Å². The second-order valence-corrected chi connectivity index (χ2v) is 2.77. The molecule has 1 fully saturated rings. The van der Waals surface area contributed by atoms with E-state index >= 15 is 0 Å². The van der Waals surface area contributed by atoms with Crippen LogP contribution in [0, 0.1) is 5.92 Å². The molecule has 10 heavy (non-hydrogen) atoms. The lowest BCUT2D eigenvalue weighted by atomic mass is 9.91. The van der Waals surface area contributed by atoms with Gasteiger partial charge in [-0.05, 0) is 6.42 Å². The van der Waals surface area contributed by atoms with Crippen molar-refractivity contribution >= 4 is 19.4 Å². The molecule has 0 spiro atoms. The fourth-order valence-corrected chi connectivity index (χ4v) is 1.39. The van der Waals surface area contributed by atoms with Crippen LogP contribution < -0.4 is 0 Å². The number of hydrogen-bond acceptors (Lipinski definition) is 2. The molecule has 0 aliphatic heterocycles. The van der Waals surface area contributed by atoms with Gasteiger partial charge in [-0.1, -0.05) is 6.32 Å². The van der Waals surface area contributed by atoms with Gasteiger partial charge in [0.1, 0.15) is 19.4 Å². The molecule has 54 valence electrons. The maximum absolute atomic E-state index is 11.0. The van der Waals surface area contributed by atoms with Crippen molar-refractivity contribution in [2.24, 2.45) is 5.92 Å². The van der Waals surface area contributed by atoms with Gasteiger partial charge in [0.15, 0.2) is 0 Å². The van der Waals surface area contributed by atoms with Crippen LogP contribution in [0.15, 0.2) is 0 Å². The highest BCUT2D eigenvalue weighted by Gasteiger charge is 2.31. The SMILES string of the molecule is BCCC1C(=O)CCC1=O. The van der Waals surface area contributed by atoms with Gasteiger partial charge in [0.05, 0.1) is 5.92 Å². The minimum atomic E-state index is -0.231. The number of Topliss-reactive ketones (excluding diaryl/α,β-unsaturated/α-hetero) is 2. The van der Waals surface area contributed by atoms with Crippen LogP contribution >= 0.6 is 0 Å². The Morgan fingerprint density at radius 1 is 1.30 bits per heavy atom. The Morgan fingerprint density at radius 2 is 1.80 bits per heavy atom. The van der Waals surface area contributed by atoms with Crippen molar-refractivity contribution in [2.75, 3.05) is 0 Å². The Balaban J connectivity index is 2.54. The van der Waals surface area contributed by atoms with Crippen molar-refractivity contribution in [1.29, 1.82) is 0 Å². The molecule has 0 atom stereocenters. The van der Waals surface area contributed by atoms with Crippen molar-refractivity contribution in [2.45, 2.75) is 25.6 Å². The average molecular weight is 138 g/mol. The normalized spacial score (nSPS) is 20.4. The van der Waals surface area contributed by atoms with Gasteiger partial charge in [-0.2, -0.15) is 0 Å². The van der Waals surface area contributed by atoms with Crippen LogP contribution in [0.25, 0.3) is 0 Å². The summed E-state index contributed by atoms with van der Waals surface area (Å²) in [5, 5.41) is 0. The summed E-state index contributed by atoms with van der Waals surface area (Å²) in [6, 6.07) is 0. The van der Waals surface area contributed by atoms with E-state index in [1.165, 1.54) is 0 Å². The Morgan fingerprint density at radius 3 is 2.20 bits per heavy atom. The molecule has 1 rings (SSSR count). The van der Waals surface area contributed by atoms with Gasteiger partial charge in [-0.25, -0.2) is 0 Å². The first kappa shape index (κ1) is 7.51. The predicted molar refractivity (Wildman–Crippen MR) is 40.7 cm³/mol. The third-order valence-corrected chi connectivity index (χ3v) is 1.97. The Hall–Kier alpha value is -0.595. The van der Waals surface area contributed by atoms with Gasteiger partial charge >= 0.3 is 0 Å². The van der Waals surface area contributed by atoms with Crippen molar-refractivity contribution in [3.8, 4) is 0 Å². The van der Waals surface area contributed by atoms with Crippen LogP contribution in [-0.4, -0.2) is 19.4 Å². The minimum absolute atomic E-state index is 0.159. The van der Waals surface area contributed by atoms with Gasteiger partial charge in [0.2, 0.25) is 0 Å². The monoisotopic (exact) mass is 138 g/mol. The summed E-state index contributed by atoms with van der Waals surface area (Å²) in [4.78, 5) is 21.9. The maximum Gasteiger partial charge on any atom is 0.143 e. The number of rotatable bonds is 2. The number of hydrogen-bond donors (Lipinski definition) is 0. The highest BCUT2D eigenvalue weighted by Crippen LogP contribution is 2.21. The predicted octanol–water partition coefficient (Wildman–Crippen LogP) is -0.0239. The molecule has 0 aromatic carbocycles. The van der Waals surface area contributed by atoms with E-state index in [1.54, 1.807) is 0 Å². The summed E-state index contributed by atoms with van der Waals surface area (Å²) in [5.74, 6) is 0.0868. The number of ketones is 2. The van der Waals surface area contributed by atoms with Crippen molar-refractivity contribution < 1.29 is 9.59 Å². The van der Waals surface area contributed by atoms with E-state index in [-0.39, 0.29) is 17.5 Å². The zero-order valence-corrected chi connectivity index (χ0v) is 6.22. The second kappa shape index (κ2) is 2.99. The first-order valence-electron chi connectivity index (χ1n) is 3.81. The third-order valence-electron chi connectivity index (χ3n) is 1.97. The number of carbonyl (C=O) groups excluding carboxylic acids is 2. The van der Waals surface area contributed by atoms with E-state index in [0.29, 0.717) is 12.8 Å². The summed E-state index contributed by atoms with van der Waals surface area (Å²) in [5.41, 5.74) is 0. The molecule has 1 saturated carbocycles. The first-order valence-corrected chi connectivity index (χ1v) is 3.81. The lowest BCUT2D eigenvalue weighted by Gasteiger charge is -2.01. The lowest BCUT2D eigenvalue weighted by molar-refractivity contribution is -0.127. The van der Waals surface area contributed by atoms with E-state index in [0.717, 1.165) is 12.7 Å². The fourth-order valence-electron chi connectivity index (χ4n) is 1.39. The summed E-state index contributed by atoms with van der Waals surface area (Å²) in [6.07, 6.45) is 2.67. The maximum atomic E-state index is 11.0. The molecule has 0 aromatic rings. The standard InChI is InChI=1S/C7H11BO2/c8-4-3-5-6(9)1-2-7(5)10/h5H,1-4,8H2. The van der Waals surface area contributed by atoms with Crippen LogP contribution in [0.5, 0.6) is 0 Å². The molecule has 0 N–H and O–H groups in total. The Kier molecular flexibility index (Phi) is 2.25. The van der Waals surface area contributed by atoms with E-state index in [2.05, 4.69) is 0 Å². The second-order valence-electron chi connectivity index (χ2n) is 2.77. The van der Waals surface area contributed by atoms with Crippen LogP contribution in [0.3, 0.4) is 0 Å². The first-order chi connectivity index (χ1) is 4.75. The Bertz CT molecular complexity index is 149. The van der Waals surface area contributed by atoms with Crippen LogP contribution in [0.1, 0.15) is 19.3 Å². The molecule has 1 aliphatic rings. The van der Waals surface area contributed by atoms with Gasteiger partial charge in [0.25, 0.3) is 0 Å². The molecule has 0 bridgehead atoms. The van der Waals surface area contributed by atoms with Crippen molar-refractivity contribution in [1.82, 2.24) is 0 Å². The molecule has 2 nitrogen and oxygen atoms in total. The summed E-state index contributed by atoms with van der Waals surface area (Å²) < 4.78 is 0. The highest BCUT2D eigenvalue weighted by molar-refractivity contribution is 6.11. The zero-order valence-electron chi connectivity index (χ0n) is 6.22. The van der Waals surface area contributed by atoms with Crippen molar-refractivity contribution in [3.05, 3.63) is 0 Å². The quantitative estimate of drug-likeness (QED) is 0.396. The number of carbonyl (C=O) groups is 2. The van der Waals surface area contributed by atoms with Gasteiger partial charge in [0, 0.05) is 12.8 Å². The van der Waals surface area contributed by atoms with E-state index in [9.17, 15) is 9.59 Å². The van der Waals surface area contributed by atoms with Gasteiger partial charge in [-0.15, -0.1) is 0 Å². The summed E-state index contributed by atoms with van der Waals surface area (Å²) in [6.45, 7) is 0. The molecule has 0 aromatic heterocycles. The lowest BCUT2D eigenvalue weighted by Crippen LogP contribution is -2.13. The average Bonchev–Trinajstić information content (AvgIpc) is 2.20. The molecule has 0 unspecified atom stereocenters. The smallest absolute Gasteiger partial charge is 0.143 e. The summed E-state index contributed by atoms with van der Waals surface area (Å²) >= 11 is 0. The molecule has 0 radical (unpaired) electrons. The van der Waals surface area contributed by atoms with Crippen LogP contribution in [-0.2, 0) is 9.59 Å². The molecule has 0 amide bonds. The fraction of sp³-hybridized carbons (Fsp3) is 0.714. The van der Waals surface area contributed by atoms with Gasteiger partial charge in [-0.3, -0.25) is 9.59 Å². The minimum Gasteiger partial charge on any atom is -0.299 e. The molecule has 0 saturated heterocycles. The Labute approximate surface area is 61.4 Å². The molecular formula is C7H11BO2. The highest BCUT2D eigenvalue weighted by atomic mass is 16.2. The van der Waals surface area contributed by atoms with Crippen molar-refractivity contribution in [3.63, 3.8) is 0 Å². The third kappa shape index (κ3) is 1.28. The van der Waals surface area contributed by atoms with E-state index in [1.807, 2.05) is 7.85 Å². The zero-order chi connectivity index (χ0) is 7.56. The molecule has 0 heterocycles. The van der Waals surface area contributed by atoms with Crippen LogP contribution in [0.2, 0.25) is 6.32 Å². The molecule has 3 heteroatoms. The topological polar surface area (TPSA) is 34.1 Å². The van der Waals surface area contributed by atoms with Crippen LogP contribution in [0.4, 0.5) is 0 Å². The molecule has 1 aliphatic carbocycles. The van der Waals surface area contributed by atoms with Gasteiger partial charge < -0.3 is 0 Å².